The molecule has 4 bridgehead atoms. The predicted octanol–water partition coefficient (Wildman–Crippen LogP) is 2.88. The number of benzene rings is 1. The Morgan fingerprint density at radius 2 is 1.50 bits per heavy atom. The molecule has 8 heteroatoms. The molecule has 5 nitrogen and oxygen atoms in total. The Kier molecular flexibility index (Phi) is 4.30. The summed E-state index contributed by atoms with van der Waals surface area (Å²) in [7, 11) is -4.23. The number of amides is 1. The van der Waals surface area contributed by atoms with Crippen LogP contribution in [0.3, 0.4) is 0 Å². The maximum atomic E-state index is 13.2. The Balaban J connectivity index is 1.39. The molecule has 0 aliphatic heterocycles. The van der Waals surface area contributed by atoms with Gasteiger partial charge < -0.3 is 0 Å². The summed E-state index contributed by atoms with van der Waals surface area (Å²) in [5.41, 5.74) is 2.19. The van der Waals surface area contributed by atoms with Crippen LogP contribution in [0.4, 0.5) is 8.78 Å². The zero-order valence-electron chi connectivity index (χ0n) is 14.3. The number of sulfonamides is 1. The van der Waals surface area contributed by atoms with E-state index in [1.165, 1.54) is 19.3 Å². The third-order valence-corrected chi connectivity index (χ3v) is 7.40. The lowest BCUT2D eigenvalue weighted by Gasteiger charge is -2.56. The maximum absolute atomic E-state index is 13.2. The number of carbonyl (C=O) groups is 1. The molecule has 0 saturated heterocycles. The average Bonchev–Trinajstić information content (AvgIpc) is 2.50. The molecule has 5 rings (SSSR count). The van der Waals surface area contributed by atoms with E-state index in [0.29, 0.717) is 36.0 Å². The molecule has 2 N–H and O–H groups in total. The average molecular weight is 384 g/mol. The molecule has 0 spiro atoms. The minimum atomic E-state index is -4.23. The molecule has 4 fully saturated rings. The van der Waals surface area contributed by atoms with Crippen molar-refractivity contribution in [3.8, 4) is 0 Å². The number of hydrogen-bond acceptors (Lipinski definition) is 3. The molecule has 0 aromatic heterocycles. The maximum Gasteiger partial charge on any atom is 0.257 e. The van der Waals surface area contributed by atoms with Crippen molar-refractivity contribution in [3.63, 3.8) is 0 Å². The Labute approximate surface area is 151 Å². The van der Waals surface area contributed by atoms with Crippen LogP contribution in [-0.2, 0) is 14.8 Å². The van der Waals surface area contributed by atoms with Crippen LogP contribution in [0, 0.1) is 34.8 Å². The van der Waals surface area contributed by atoms with Gasteiger partial charge in [-0.25, -0.2) is 17.2 Å². The van der Waals surface area contributed by atoms with Crippen molar-refractivity contribution in [2.45, 2.75) is 49.8 Å². The standard InChI is InChI=1S/C18H22F2N2O3S/c19-14-4-15(20)6-16(5-14)26(24,25)22-21-17(23)10-18-7-11-1-12(8-18)3-13(2-11)9-18/h4-6,11-13,22H,1-3,7-10H2,(H,21,23). The molecule has 4 aliphatic rings. The monoisotopic (exact) mass is 384 g/mol. The van der Waals surface area contributed by atoms with Crippen LogP contribution in [0.1, 0.15) is 44.9 Å². The van der Waals surface area contributed by atoms with Gasteiger partial charge >= 0.3 is 0 Å². The molecular weight excluding hydrogens is 362 g/mol. The Bertz CT molecular complexity index is 785. The van der Waals surface area contributed by atoms with Crippen LogP contribution in [0.15, 0.2) is 23.1 Å². The van der Waals surface area contributed by atoms with E-state index in [1.54, 1.807) is 0 Å². The fraction of sp³-hybridized carbons (Fsp3) is 0.611. The minimum absolute atomic E-state index is 0.0186. The lowest BCUT2D eigenvalue weighted by atomic mass is 9.49. The van der Waals surface area contributed by atoms with Crippen molar-refractivity contribution in [2.24, 2.45) is 23.2 Å². The van der Waals surface area contributed by atoms with Crippen LogP contribution in [0.5, 0.6) is 0 Å². The molecule has 0 heterocycles. The van der Waals surface area contributed by atoms with Gasteiger partial charge in [0, 0.05) is 12.5 Å². The van der Waals surface area contributed by atoms with Gasteiger partial charge in [-0.05, 0) is 73.8 Å². The van der Waals surface area contributed by atoms with E-state index < -0.39 is 32.5 Å². The number of halogens is 2. The van der Waals surface area contributed by atoms with Crippen LogP contribution >= 0.6 is 0 Å². The largest absolute Gasteiger partial charge is 0.278 e. The van der Waals surface area contributed by atoms with Crippen LogP contribution < -0.4 is 10.3 Å². The molecule has 1 amide bonds. The van der Waals surface area contributed by atoms with Gasteiger partial charge in [0.25, 0.3) is 10.0 Å². The highest BCUT2D eigenvalue weighted by Crippen LogP contribution is 2.61. The van der Waals surface area contributed by atoms with E-state index in [2.05, 4.69) is 5.43 Å². The molecule has 1 aromatic carbocycles. The van der Waals surface area contributed by atoms with Gasteiger partial charge in [-0.1, -0.05) is 0 Å². The second-order valence-electron chi connectivity index (χ2n) is 8.35. The molecule has 4 aliphatic carbocycles. The smallest absolute Gasteiger partial charge is 0.257 e. The van der Waals surface area contributed by atoms with E-state index in [-0.39, 0.29) is 11.8 Å². The van der Waals surface area contributed by atoms with E-state index in [1.807, 2.05) is 4.83 Å². The van der Waals surface area contributed by atoms with E-state index in [9.17, 15) is 22.0 Å². The van der Waals surface area contributed by atoms with Crippen LogP contribution in [-0.4, -0.2) is 14.3 Å². The third-order valence-electron chi connectivity index (χ3n) is 6.17. The first-order chi connectivity index (χ1) is 12.2. The van der Waals surface area contributed by atoms with Crippen molar-refractivity contribution in [2.75, 3.05) is 0 Å². The van der Waals surface area contributed by atoms with Gasteiger partial charge in [-0.2, -0.15) is 0 Å². The van der Waals surface area contributed by atoms with Crippen molar-refractivity contribution in [1.29, 1.82) is 0 Å². The second-order valence-corrected chi connectivity index (χ2v) is 10.0. The number of hydrazine groups is 1. The molecule has 142 valence electrons. The minimum Gasteiger partial charge on any atom is -0.278 e. The first-order valence-corrected chi connectivity index (χ1v) is 10.5. The van der Waals surface area contributed by atoms with E-state index in [0.717, 1.165) is 19.3 Å². The number of carbonyl (C=O) groups excluding carboxylic acids is 1. The molecule has 0 atom stereocenters. The summed E-state index contributed by atoms with van der Waals surface area (Å²) in [5, 5.41) is 0. The summed E-state index contributed by atoms with van der Waals surface area (Å²) >= 11 is 0. The number of hydrogen-bond donors (Lipinski definition) is 2. The van der Waals surface area contributed by atoms with Gasteiger partial charge in [-0.15, -0.1) is 4.83 Å². The number of rotatable bonds is 5. The van der Waals surface area contributed by atoms with E-state index >= 15 is 0 Å². The van der Waals surface area contributed by atoms with Gasteiger partial charge in [0.05, 0.1) is 4.90 Å². The van der Waals surface area contributed by atoms with Gasteiger partial charge in [0.1, 0.15) is 11.6 Å². The predicted molar refractivity (Wildman–Crippen MR) is 90.0 cm³/mol. The fourth-order valence-corrected chi connectivity index (χ4v) is 6.66. The first kappa shape index (κ1) is 17.9. The molecule has 26 heavy (non-hydrogen) atoms. The second kappa shape index (κ2) is 6.27. The van der Waals surface area contributed by atoms with Crippen LogP contribution in [0.25, 0.3) is 0 Å². The van der Waals surface area contributed by atoms with Gasteiger partial charge in [0.2, 0.25) is 5.91 Å². The quantitative estimate of drug-likeness (QED) is 0.767. The summed E-state index contributed by atoms with van der Waals surface area (Å²) < 4.78 is 50.7. The summed E-state index contributed by atoms with van der Waals surface area (Å²) in [4.78, 5) is 13.7. The van der Waals surface area contributed by atoms with Crippen molar-refractivity contribution < 1.29 is 22.0 Å². The van der Waals surface area contributed by atoms with Gasteiger partial charge in [0.15, 0.2) is 0 Å². The molecule has 1 aromatic rings. The lowest BCUT2D eigenvalue weighted by Crippen LogP contribution is -2.50. The fourth-order valence-electron chi connectivity index (χ4n) is 5.76. The summed E-state index contributed by atoms with van der Waals surface area (Å²) in [5.74, 6) is -0.300. The summed E-state index contributed by atoms with van der Waals surface area (Å²) in [6, 6.07) is 2.00. The van der Waals surface area contributed by atoms with E-state index in [4.69, 9.17) is 0 Å². The van der Waals surface area contributed by atoms with Crippen LogP contribution in [0.2, 0.25) is 0 Å². The Morgan fingerprint density at radius 1 is 1.00 bits per heavy atom. The highest BCUT2D eigenvalue weighted by Gasteiger charge is 2.51. The highest BCUT2D eigenvalue weighted by atomic mass is 32.2. The van der Waals surface area contributed by atoms with Crippen molar-refractivity contribution in [1.82, 2.24) is 10.3 Å². The summed E-state index contributed by atoms with van der Waals surface area (Å²) in [6.45, 7) is 0. The topological polar surface area (TPSA) is 75.3 Å². The highest BCUT2D eigenvalue weighted by molar-refractivity contribution is 7.89. The SMILES string of the molecule is O=C(CC12CC3CC(CC(C3)C1)C2)NNS(=O)(=O)c1cc(F)cc(F)c1. The molecule has 4 saturated carbocycles. The molecule has 0 unspecified atom stereocenters. The normalized spacial score (nSPS) is 32.6. The Hall–Kier alpha value is -1.54. The zero-order chi connectivity index (χ0) is 18.5. The molecular formula is C18H22F2N2O3S. The lowest BCUT2D eigenvalue weighted by molar-refractivity contribution is -0.129. The third kappa shape index (κ3) is 3.49. The van der Waals surface area contributed by atoms with Crippen molar-refractivity contribution >= 4 is 15.9 Å². The van der Waals surface area contributed by atoms with Crippen molar-refractivity contribution in [3.05, 3.63) is 29.8 Å². The first-order valence-electron chi connectivity index (χ1n) is 9.00. The summed E-state index contributed by atoms with van der Waals surface area (Å²) in [6.07, 6.45) is 7.18. The number of nitrogens with one attached hydrogen (secondary N) is 2. The Morgan fingerprint density at radius 3 is 2.00 bits per heavy atom. The molecule has 0 radical (unpaired) electrons. The zero-order valence-corrected chi connectivity index (χ0v) is 15.1. The van der Waals surface area contributed by atoms with Gasteiger partial charge in [-0.3, -0.25) is 10.2 Å².